The summed E-state index contributed by atoms with van der Waals surface area (Å²) in [4.78, 5) is 12.8. The zero-order chi connectivity index (χ0) is 18.9. The van der Waals surface area contributed by atoms with E-state index in [0.29, 0.717) is 5.56 Å². The molecule has 0 bridgehead atoms. The van der Waals surface area contributed by atoms with Crippen molar-refractivity contribution < 1.29 is 13.2 Å². The molecule has 1 unspecified atom stereocenters. The van der Waals surface area contributed by atoms with Crippen LogP contribution < -0.4 is 10.0 Å². The molecule has 3 rings (SSSR count). The first-order valence-electron chi connectivity index (χ1n) is 8.76. The Hall–Kier alpha value is -2.18. The minimum atomic E-state index is -3.59. The van der Waals surface area contributed by atoms with Crippen molar-refractivity contribution in [3.63, 3.8) is 0 Å². The lowest BCUT2D eigenvalue weighted by atomic mass is 10.0. The van der Waals surface area contributed by atoms with Crippen LogP contribution in [0.4, 0.5) is 0 Å². The van der Waals surface area contributed by atoms with Gasteiger partial charge >= 0.3 is 0 Å². The molecule has 1 saturated carbocycles. The summed E-state index contributed by atoms with van der Waals surface area (Å²) in [6, 6.07) is 12.5. The highest BCUT2D eigenvalue weighted by Crippen LogP contribution is 2.23. The van der Waals surface area contributed by atoms with Gasteiger partial charge in [0.05, 0.1) is 10.9 Å². The van der Waals surface area contributed by atoms with E-state index >= 15 is 0 Å². The van der Waals surface area contributed by atoms with Crippen LogP contribution in [0.5, 0.6) is 0 Å². The van der Waals surface area contributed by atoms with Crippen LogP contribution in [0, 0.1) is 13.8 Å². The maximum Gasteiger partial charge on any atom is 0.252 e. The van der Waals surface area contributed by atoms with E-state index in [0.717, 1.165) is 29.5 Å². The maximum absolute atomic E-state index is 12.7. The lowest BCUT2D eigenvalue weighted by Gasteiger charge is -2.16. The first-order chi connectivity index (χ1) is 12.3. The van der Waals surface area contributed by atoms with Crippen LogP contribution in [0.15, 0.2) is 47.4 Å². The standard InChI is InChI=1S/C20H24N2O3S/c1-13-4-7-16(8-5-13)15(3)21-20(23)19-12-18(11-6-14(19)2)26(24,25)22-17-9-10-17/h4-8,11-12,15,17,22H,9-10H2,1-3H3,(H,21,23). The molecule has 1 fully saturated rings. The van der Waals surface area contributed by atoms with Gasteiger partial charge in [-0.2, -0.15) is 0 Å². The molecule has 0 radical (unpaired) electrons. The van der Waals surface area contributed by atoms with Crippen molar-refractivity contribution in [1.82, 2.24) is 10.0 Å². The van der Waals surface area contributed by atoms with Crippen molar-refractivity contribution in [2.75, 3.05) is 0 Å². The van der Waals surface area contributed by atoms with E-state index in [2.05, 4.69) is 10.0 Å². The second kappa shape index (κ2) is 7.21. The summed E-state index contributed by atoms with van der Waals surface area (Å²) in [6.07, 6.45) is 1.74. The van der Waals surface area contributed by atoms with Crippen molar-refractivity contribution in [1.29, 1.82) is 0 Å². The molecule has 26 heavy (non-hydrogen) atoms. The van der Waals surface area contributed by atoms with Crippen molar-refractivity contribution in [3.8, 4) is 0 Å². The topological polar surface area (TPSA) is 75.3 Å². The van der Waals surface area contributed by atoms with Crippen molar-refractivity contribution in [2.45, 2.75) is 50.6 Å². The minimum Gasteiger partial charge on any atom is -0.346 e. The van der Waals surface area contributed by atoms with Crippen LogP contribution in [0.1, 0.15) is 52.9 Å². The Kier molecular flexibility index (Phi) is 5.16. The van der Waals surface area contributed by atoms with Gasteiger partial charge in [-0.05, 0) is 56.9 Å². The number of benzene rings is 2. The van der Waals surface area contributed by atoms with Crippen LogP contribution >= 0.6 is 0 Å². The lowest BCUT2D eigenvalue weighted by Crippen LogP contribution is -2.29. The largest absolute Gasteiger partial charge is 0.346 e. The molecule has 2 aromatic rings. The first-order valence-corrected chi connectivity index (χ1v) is 10.2. The highest BCUT2D eigenvalue weighted by molar-refractivity contribution is 7.89. The molecule has 0 aliphatic heterocycles. The predicted octanol–water partition coefficient (Wildman–Crippen LogP) is 3.24. The molecule has 2 aromatic carbocycles. The summed E-state index contributed by atoms with van der Waals surface area (Å²) in [5, 5.41) is 2.95. The SMILES string of the molecule is Cc1ccc(C(C)NC(=O)c2cc(S(=O)(=O)NC3CC3)ccc2C)cc1. The molecule has 6 heteroatoms. The molecule has 1 amide bonds. The van der Waals surface area contributed by atoms with E-state index in [-0.39, 0.29) is 22.9 Å². The summed E-state index contributed by atoms with van der Waals surface area (Å²) < 4.78 is 27.4. The first kappa shape index (κ1) is 18.6. The molecule has 0 heterocycles. The number of carbonyl (C=O) groups is 1. The van der Waals surface area contributed by atoms with Crippen LogP contribution in [0.25, 0.3) is 0 Å². The van der Waals surface area contributed by atoms with E-state index in [1.807, 2.05) is 38.1 Å². The van der Waals surface area contributed by atoms with Gasteiger partial charge in [0.2, 0.25) is 10.0 Å². The quantitative estimate of drug-likeness (QED) is 0.817. The number of sulfonamides is 1. The third kappa shape index (κ3) is 4.31. The van der Waals surface area contributed by atoms with Gasteiger partial charge in [-0.1, -0.05) is 35.9 Å². The molecule has 2 N–H and O–H groups in total. The third-order valence-electron chi connectivity index (χ3n) is 4.59. The zero-order valence-corrected chi connectivity index (χ0v) is 16.1. The normalized spacial score (nSPS) is 15.5. The van der Waals surface area contributed by atoms with E-state index in [1.54, 1.807) is 19.1 Å². The molecule has 1 aliphatic carbocycles. The number of rotatable bonds is 6. The summed E-state index contributed by atoms with van der Waals surface area (Å²) in [5.41, 5.74) is 3.27. The molecule has 0 aromatic heterocycles. The predicted molar refractivity (Wildman–Crippen MR) is 102 cm³/mol. The number of aryl methyl sites for hydroxylation is 2. The van der Waals surface area contributed by atoms with Gasteiger partial charge in [-0.25, -0.2) is 13.1 Å². The Bertz CT molecular complexity index is 917. The van der Waals surface area contributed by atoms with E-state index in [1.165, 1.54) is 6.07 Å². The summed E-state index contributed by atoms with van der Waals surface area (Å²) >= 11 is 0. The highest BCUT2D eigenvalue weighted by atomic mass is 32.2. The van der Waals surface area contributed by atoms with Crippen LogP contribution in [-0.4, -0.2) is 20.4 Å². The van der Waals surface area contributed by atoms with E-state index < -0.39 is 10.0 Å². The van der Waals surface area contributed by atoms with Gasteiger partial charge in [-0.15, -0.1) is 0 Å². The second-order valence-electron chi connectivity index (χ2n) is 6.98. The zero-order valence-electron chi connectivity index (χ0n) is 15.2. The number of carbonyl (C=O) groups excluding carboxylic acids is 1. The van der Waals surface area contributed by atoms with Gasteiger partial charge < -0.3 is 5.32 Å². The number of hydrogen-bond donors (Lipinski definition) is 2. The van der Waals surface area contributed by atoms with Gasteiger partial charge in [-0.3, -0.25) is 4.79 Å². The Morgan fingerprint density at radius 2 is 1.73 bits per heavy atom. The average Bonchev–Trinajstić information content (AvgIpc) is 3.38. The highest BCUT2D eigenvalue weighted by Gasteiger charge is 2.28. The van der Waals surface area contributed by atoms with E-state index in [4.69, 9.17) is 0 Å². The second-order valence-corrected chi connectivity index (χ2v) is 8.69. The lowest BCUT2D eigenvalue weighted by molar-refractivity contribution is 0.0939. The molecule has 1 atom stereocenters. The molecule has 5 nitrogen and oxygen atoms in total. The fraction of sp³-hybridized carbons (Fsp3) is 0.350. The molecule has 0 saturated heterocycles. The fourth-order valence-corrected chi connectivity index (χ4v) is 4.05. The minimum absolute atomic E-state index is 0.0279. The van der Waals surface area contributed by atoms with Gasteiger partial charge in [0, 0.05) is 11.6 Å². The van der Waals surface area contributed by atoms with Crippen LogP contribution in [0.3, 0.4) is 0 Å². The van der Waals surface area contributed by atoms with Crippen molar-refractivity contribution >= 4 is 15.9 Å². The van der Waals surface area contributed by atoms with Gasteiger partial charge in [0.1, 0.15) is 0 Å². The smallest absolute Gasteiger partial charge is 0.252 e. The fourth-order valence-electron chi connectivity index (χ4n) is 2.71. The Morgan fingerprint density at radius 1 is 1.08 bits per heavy atom. The number of amides is 1. The monoisotopic (exact) mass is 372 g/mol. The van der Waals surface area contributed by atoms with Gasteiger partial charge in [0.25, 0.3) is 5.91 Å². The van der Waals surface area contributed by atoms with Gasteiger partial charge in [0.15, 0.2) is 0 Å². The molecule has 1 aliphatic rings. The molecular formula is C20H24N2O3S. The van der Waals surface area contributed by atoms with Crippen LogP contribution in [0.2, 0.25) is 0 Å². The van der Waals surface area contributed by atoms with Crippen molar-refractivity contribution in [3.05, 3.63) is 64.7 Å². The Morgan fingerprint density at radius 3 is 2.35 bits per heavy atom. The summed E-state index contributed by atoms with van der Waals surface area (Å²) in [7, 11) is -3.59. The maximum atomic E-state index is 12.7. The molecule has 0 spiro atoms. The Balaban J connectivity index is 1.80. The number of nitrogens with one attached hydrogen (secondary N) is 2. The Labute approximate surface area is 154 Å². The molecular weight excluding hydrogens is 348 g/mol. The molecule has 138 valence electrons. The number of hydrogen-bond acceptors (Lipinski definition) is 3. The van der Waals surface area contributed by atoms with Crippen molar-refractivity contribution in [2.24, 2.45) is 0 Å². The third-order valence-corrected chi connectivity index (χ3v) is 6.11. The summed E-state index contributed by atoms with van der Waals surface area (Å²) in [6.45, 7) is 5.72. The average molecular weight is 372 g/mol. The van der Waals surface area contributed by atoms with E-state index in [9.17, 15) is 13.2 Å². The summed E-state index contributed by atoms with van der Waals surface area (Å²) in [5.74, 6) is -0.279. The van der Waals surface area contributed by atoms with Crippen LogP contribution in [-0.2, 0) is 10.0 Å².